The molecular formula is C24H30ClN3O3S. The fourth-order valence-electron chi connectivity index (χ4n) is 4.62. The molecule has 0 saturated carbocycles. The first-order valence-corrected chi connectivity index (χ1v) is 13.1. The maximum Gasteiger partial charge on any atom is 0.227 e. The molecule has 2 saturated heterocycles. The van der Waals surface area contributed by atoms with E-state index < -0.39 is 10.0 Å². The zero-order valence-corrected chi connectivity index (χ0v) is 20.0. The van der Waals surface area contributed by atoms with Gasteiger partial charge < -0.3 is 9.80 Å². The summed E-state index contributed by atoms with van der Waals surface area (Å²) in [5, 5.41) is 0.711. The largest absolute Gasteiger partial charge is 0.368 e. The lowest BCUT2D eigenvalue weighted by atomic mass is 9.97. The molecule has 32 heavy (non-hydrogen) atoms. The van der Waals surface area contributed by atoms with Gasteiger partial charge in [0.2, 0.25) is 15.9 Å². The Balaban J connectivity index is 1.36. The third-order valence-electron chi connectivity index (χ3n) is 6.42. The summed E-state index contributed by atoms with van der Waals surface area (Å²) in [6.45, 7) is 5.60. The first kappa shape index (κ1) is 23.1. The second kappa shape index (κ2) is 9.81. The Morgan fingerprint density at radius 2 is 1.75 bits per heavy atom. The predicted octanol–water partition coefficient (Wildman–Crippen LogP) is 3.54. The molecule has 0 radical (unpaired) electrons. The maximum atomic E-state index is 13.2. The van der Waals surface area contributed by atoms with Crippen molar-refractivity contribution in [3.63, 3.8) is 0 Å². The Morgan fingerprint density at radius 3 is 2.47 bits per heavy atom. The topological polar surface area (TPSA) is 60.9 Å². The minimum atomic E-state index is -3.45. The number of carbonyl (C=O) groups is 1. The highest BCUT2D eigenvalue weighted by Gasteiger charge is 2.35. The van der Waals surface area contributed by atoms with Crippen LogP contribution >= 0.6 is 11.6 Å². The van der Waals surface area contributed by atoms with Crippen molar-refractivity contribution in [2.75, 3.05) is 44.2 Å². The highest BCUT2D eigenvalue weighted by atomic mass is 35.5. The molecule has 2 aromatic rings. The predicted molar refractivity (Wildman–Crippen MR) is 128 cm³/mol. The van der Waals surface area contributed by atoms with E-state index in [1.54, 1.807) is 0 Å². The first-order chi connectivity index (χ1) is 15.3. The number of halogens is 1. The van der Waals surface area contributed by atoms with Crippen molar-refractivity contribution in [3.8, 4) is 0 Å². The van der Waals surface area contributed by atoms with Gasteiger partial charge in [0.15, 0.2) is 0 Å². The van der Waals surface area contributed by atoms with E-state index in [0.29, 0.717) is 31.1 Å². The summed E-state index contributed by atoms with van der Waals surface area (Å²) in [4.78, 5) is 17.4. The lowest BCUT2D eigenvalue weighted by Crippen LogP contribution is -2.53. The highest BCUT2D eigenvalue weighted by Crippen LogP contribution is 2.27. The van der Waals surface area contributed by atoms with Crippen LogP contribution < -0.4 is 4.90 Å². The van der Waals surface area contributed by atoms with Gasteiger partial charge >= 0.3 is 0 Å². The number of hydrogen-bond donors (Lipinski definition) is 0. The van der Waals surface area contributed by atoms with E-state index in [-0.39, 0.29) is 24.1 Å². The summed E-state index contributed by atoms with van der Waals surface area (Å²) in [7, 11) is -3.45. The van der Waals surface area contributed by atoms with E-state index >= 15 is 0 Å². The molecule has 2 fully saturated rings. The van der Waals surface area contributed by atoms with E-state index in [2.05, 4.69) is 11.8 Å². The Hall–Kier alpha value is -2.09. The fraction of sp³-hybridized carbons (Fsp3) is 0.458. The van der Waals surface area contributed by atoms with Gasteiger partial charge in [-0.2, -0.15) is 0 Å². The average Bonchev–Trinajstić information content (AvgIpc) is 2.81. The summed E-state index contributed by atoms with van der Waals surface area (Å²) < 4.78 is 27.4. The molecule has 8 heteroatoms. The number of sulfonamides is 1. The van der Waals surface area contributed by atoms with Crippen molar-refractivity contribution in [1.29, 1.82) is 0 Å². The summed E-state index contributed by atoms with van der Waals surface area (Å²) in [5.74, 6) is -0.215. The molecule has 2 aliphatic heterocycles. The molecule has 1 amide bonds. The normalized spacial score (nSPS) is 20.4. The van der Waals surface area contributed by atoms with Crippen LogP contribution in [0.25, 0.3) is 0 Å². The maximum absolute atomic E-state index is 13.2. The molecule has 1 atom stereocenters. The number of piperazine rings is 1. The SMILES string of the molecule is Cc1ccc(Cl)cc1N1CCN(C(=O)[C@H]2CCCN(S(=O)(=O)Cc3ccccc3)C2)CC1. The molecule has 2 aromatic carbocycles. The Labute approximate surface area is 195 Å². The van der Waals surface area contributed by atoms with Crippen LogP contribution in [0.4, 0.5) is 5.69 Å². The van der Waals surface area contributed by atoms with Crippen LogP contribution in [0.1, 0.15) is 24.0 Å². The van der Waals surface area contributed by atoms with E-state index in [4.69, 9.17) is 11.6 Å². The van der Waals surface area contributed by atoms with Gasteiger partial charge in [-0.05, 0) is 43.0 Å². The number of nitrogens with zero attached hydrogens (tertiary/aromatic N) is 3. The van der Waals surface area contributed by atoms with Gasteiger partial charge in [0.25, 0.3) is 0 Å². The number of rotatable bonds is 5. The molecule has 0 aromatic heterocycles. The van der Waals surface area contributed by atoms with Gasteiger partial charge in [-0.3, -0.25) is 4.79 Å². The van der Waals surface area contributed by atoms with Crippen LogP contribution in [-0.4, -0.2) is 62.8 Å². The standard InChI is InChI=1S/C24H30ClN3O3S/c1-19-9-10-22(25)16-23(19)26-12-14-27(15-13-26)24(29)21-8-5-11-28(17-21)32(30,31)18-20-6-3-2-4-7-20/h2-4,6-7,9-10,16,21H,5,8,11-15,17-18H2,1H3/t21-/m0/s1. The van der Waals surface area contributed by atoms with Crippen molar-refractivity contribution in [1.82, 2.24) is 9.21 Å². The number of benzene rings is 2. The number of piperidine rings is 1. The van der Waals surface area contributed by atoms with Crippen molar-refractivity contribution in [2.45, 2.75) is 25.5 Å². The van der Waals surface area contributed by atoms with Crippen molar-refractivity contribution >= 4 is 33.2 Å². The minimum absolute atomic E-state index is 0.0214. The number of hydrogen-bond acceptors (Lipinski definition) is 4. The van der Waals surface area contributed by atoms with Gasteiger partial charge in [0.1, 0.15) is 0 Å². The minimum Gasteiger partial charge on any atom is -0.368 e. The highest BCUT2D eigenvalue weighted by molar-refractivity contribution is 7.88. The monoisotopic (exact) mass is 475 g/mol. The Bertz CT molecular complexity index is 1050. The van der Waals surface area contributed by atoms with Gasteiger partial charge in [-0.25, -0.2) is 12.7 Å². The van der Waals surface area contributed by atoms with Gasteiger partial charge in [0, 0.05) is 50.0 Å². The van der Waals surface area contributed by atoms with Crippen molar-refractivity contribution < 1.29 is 13.2 Å². The summed E-state index contributed by atoms with van der Waals surface area (Å²) >= 11 is 6.17. The molecule has 0 spiro atoms. The number of carbonyl (C=O) groups excluding carboxylic acids is 1. The molecular weight excluding hydrogens is 446 g/mol. The van der Waals surface area contributed by atoms with Gasteiger partial charge in [0.05, 0.1) is 11.7 Å². The smallest absolute Gasteiger partial charge is 0.227 e. The number of aryl methyl sites for hydroxylation is 1. The molecule has 4 rings (SSSR count). The number of anilines is 1. The second-order valence-electron chi connectivity index (χ2n) is 8.68. The molecule has 0 N–H and O–H groups in total. The van der Waals surface area contributed by atoms with E-state index in [1.165, 1.54) is 9.87 Å². The second-order valence-corrected chi connectivity index (χ2v) is 11.1. The van der Waals surface area contributed by atoms with Gasteiger partial charge in [-0.15, -0.1) is 0 Å². The first-order valence-electron chi connectivity index (χ1n) is 11.1. The van der Waals surface area contributed by atoms with E-state index in [1.807, 2.05) is 53.4 Å². The zero-order chi connectivity index (χ0) is 22.7. The van der Waals surface area contributed by atoms with Crippen LogP contribution in [0.2, 0.25) is 5.02 Å². The molecule has 2 heterocycles. The molecule has 0 bridgehead atoms. The lowest BCUT2D eigenvalue weighted by Gasteiger charge is -2.40. The Kier molecular flexibility index (Phi) is 7.08. The van der Waals surface area contributed by atoms with Crippen molar-refractivity contribution in [3.05, 3.63) is 64.7 Å². The fourth-order valence-corrected chi connectivity index (χ4v) is 6.40. The summed E-state index contributed by atoms with van der Waals surface area (Å²) in [5.41, 5.74) is 3.05. The van der Waals surface area contributed by atoms with Crippen LogP contribution in [0.5, 0.6) is 0 Å². The van der Waals surface area contributed by atoms with Crippen LogP contribution in [0.3, 0.4) is 0 Å². The van der Waals surface area contributed by atoms with Crippen LogP contribution in [0, 0.1) is 12.8 Å². The van der Waals surface area contributed by atoms with E-state index in [9.17, 15) is 13.2 Å². The Morgan fingerprint density at radius 1 is 1.03 bits per heavy atom. The van der Waals surface area contributed by atoms with E-state index in [0.717, 1.165) is 30.8 Å². The lowest BCUT2D eigenvalue weighted by molar-refractivity contribution is -0.137. The van der Waals surface area contributed by atoms with Gasteiger partial charge in [-0.1, -0.05) is 48.0 Å². The number of amides is 1. The van der Waals surface area contributed by atoms with Crippen LogP contribution in [0.15, 0.2) is 48.5 Å². The third-order valence-corrected chi connectivity index (χ3v) is 8.47. The summed E-state index contributed by atoms with van der Waals surface area (Å²) in [6.07, 6.45) is 1.45. The molecule has 0 aliphatic carbocycles. The average molecular weight is 476 g/mol. The molecule has 172 valence electrons. The molecule has 0 unspecified atom stereocenters. The summed E-state index contributed by atoms with van der Waals surface area (Å²) in [6, 6.07) is 15.1. The third kappa shape index (κ3) is 5.27. The quantitative estimate of drug-likeness (QED) is 0.663. The zero-order valence-electron chi connectivity index (χ0n) is 18.4. The molecule has 6 nitrogen and oxygen atoms in total. The van der Waals surface area contributed by atoms with Crippen LogP contribution in [-0.2, 0) is 20.6 Å². The van der Waals surface area contributed by atoms with Crippen molar-refractivity contribution in [2.24, 2.45) is 5.92 Å². The molecule has 2 aliphatic rings.